The van der Waals surface area contributed by atoms with Gasteiger partial charge in [-0.15, -0.1) is 10.2 Å². The zero-order chi connectivity index (χ0) is 21.8. The van der Waals surface area contributed by atoms with Gasteiger partial charge >= 0.3 is 0 Å². The fraction of sp³-hybridized carbons (Fsp3) is 0.455. The van der Waals surface area contributed by atoms with Crippen molar-refractivity contribution in [3.05, 3.63) is 35.0 Å². The molecule has 0 bridgehead atoms. The quantitative estimate of drug-likeness (QED) is 0.530. The monoisotopic (exact) mass is 441 g/mol. The fourth-order valence-electron chi connectivity index (χ4n) is 3.85. The van der Waals surface area contributed by atoms with Crippen molar-refractivity contribution in [3.8, 4) is 5.75 Å². The average molecular weight is 442 g/mol. The van der Waals surface area contributed by atoms with Crippen molar-refractivity contribution in [1.29, 1.82) is 0 Å². The van der Waals surface area contributed by atoms with Crippen molar-refractivity contribution < 1.29 is 14.3 Å². The molecule has 0 saturated carbocycles. The summed E-state index contributed by atoms with van der Waals surface area (Å²) in [5.41, 5.74) is 2.17. The number of H-pyrrole nitrogens is 1. The van der Waals surface area contributed by atoms with Gasteiger partial charge in [0.15, 0.2) is 0 Å². The molecule has 0 unspecified atom stereocenters. The minimum Gasteiger partial charge on any atom is -0.497 e. The van der Waals surface area contributed by atoms with E-state index < -0.39 is 0 Å². The van der Waals surface area contributed by atoms with Gasteiger partial charge in [0, 0.05) is 43.0 Å². The van der Waals surface area contributed by atoms with E-state index in [0.29, 0.717) is 24.6 Å². The number of fused-ring (bicyclic) bond motifs is 1. The Bertz CT molecular complexity index is 1080. The van der Waals surface area contributed by atoms with Crippen LogP contribution in [0, 0.1) is 5.92 Å². The number of hydrogen-bond donors (Lipinski definition) is 2. The van der Waals surface area contributed by atoms with E-state index in [1.807, 2.05) is 24.4 Å². The lowest BCUT2D eigenvalue weighted by atomic mass is 10.1. The van der Waals surface area contributed by atoms with Crippen LogP contribution in [-0.4, -0.2) is 52.1 Å². The first-order valence-corrected chi connectivity index (χ1v) is 11.4. The predicted octanol–water partition coefficient (Wildman–Crippen LogP) is 3.40. The SMILES string of the molecule is CCCCc1nnc(NC(=O)[C@H]2CC(=O)N(CCc3c[nH]c4ccc(OC)cc34)C2)s1. The number of likely N-dealkylation sites (tertiary alicyclic amines) is 1. The standard InChI is InChI=1S/C22H27N5O3S/c1-3-4-5-19-25-26-22(31-19)24-21(29)15-10-20(28)27(13-15)9-8-14-12-23-18-7-6-16(30-2)11-17(14)18/h6-7,11-12,15,23H,3-5,8-10,13H2,1-2H3,(H,24,26,29)/t15-/m0/s1. The van der Waals surface area contributed by atoms with Crippen LogP contribution in [-0.2, 0) is 22.4 Å². The number of ether oxygens (including phenoxy) is 1. The third-order valence-corrected chi connectivity index (χ3v) is 6.55. The second-order valence-corrected chi connectivity index (χ2v) is 8.87. The van der Waals surface area contributed by atoms with E-state index in [-0.39, 0.29) is 24.2 Å². The maximum absolute atomic E-state index is 12.6. The summed E-state index contributed by atoms with van der Waals surface area (Å²) < 4.78 is 5.32. The van der Waals surface area contributed by atoms with E-state index in [1.165, 1.54) is 11.3 Å². The van der Waals surface area contributed by atoms with Gasteiger partial charge in [0.05, 0.1) is 13.0 Å². The number of aryl methyl sites for hydroxylation is 1. The highest BCUT2D eigenvalue weighted by Gasteiger charge is 2.34. The molecule has 3 heterocycles. The van der Waals surface area contributed by atoms with Crippen LogP contribution in [0.1, 0.15) is 36.8 Å². The zero-order valence-corrected chi connectivity index (χ0v) is 18.6. The maximum atomic E-state index is 12.6. The van der Waals surface area contributed by atoms with Crippen molar-refractivity contribution in [2.24, 2.45) is 5.92 Å². The Morgan fingerprint density at radius 3 is 3.03 bits per heavy atom. The van der Waals surface area contributed by atoms with Gasteiger partial charge in [-0.25, -0.2) is 0 Å². The predicted molar refractivity (Wildman–Crippen MR) is 120 cm³/mol. The lowest BCUT2D eigenvalue weighted by Crippen LogP contribution is -2.30. The molecule has 2 aromatic heterocycles. The van der Waals surface area contributed by atoms with Crippen LogP contribution in [0.5, 0.6) is 5.75 Å². The second-order valence-electron chi connectivity index (χ2n) is 7.81. The summed E-state index contributed by atoms with van der Waals surface area (Å²) in [4.78, 5) is 30.2. The summed E-state index contributed by atoms with van der Waals surface area (Å²) in [5.74, 6) is 0.291. The number of nitrogens with zero attached hydrogens (tertiary/aromatic N) is 3. The van der Waals surface area contributed by atoms with Gasteiger partial charge in [-0.3, -0.25) is 9.59 Å². The van der Waals surface area contributed by atoms with Crippen LogP contribution >= 0.6 is 11.3 Å². The molecule has 9 heteroatoms. The molecule has 3 aromatic rings. The van der Waals surface area contributed by atoms with Crippen molar-refractivity contribution in [3.63, 3.8) is 0 Å². The zero-order valence-electron chi connectivity index (χ0n) is 17.8. The van der Waals surface area contributed by atoms with Crippen LogP contribution in [0.3, 0.4) is 0 Å². The van der Waals surface area contributed by atoms with E-state index in [2.05, 4.69) is 27.4 Å². The first-order valence-electron chi connectivity index (χ1n) is 10.6. The Morgan fingerprint density at radius 1 is 1.35 bits per heavy atom. The van der Waals surface area contributed by atoms with Gasteiger partial charge in [-0.2, -0.15) is 0 Å². The summed E-state index contributed by atoms with van der Waals surface area (Å²) in [7, 11) is 1.65. The summed E-state index contributed by atoms with van der Waals surface area (Å²) in [6.45, 7) is 3.13. The fourth-order valence-corrected chi connectivity index (χ4v) is 4.64. The molecule has 1 aliphatic heterocycles. The van der Waals surface area contributed by atoms with Crippen molar-refractivity contribution in [2.45, 2.75) is 39.0 Å². The molecule has 2 N–H and O–H groups in total. The Balaban J connectivity index is 1.33. The van der Waals surface area contributed by atoms with Gasteiger partial charge < -0.3 is 19.9 Å². The number of methoxy groups -OCH3 is 1. The van der Waals surface area contributed by atoms with Gasteiger partial charge in [0.25, 0.3) is 0 Å². The summed E-state index contributed by atoms with van der Waals surface area (Å²) >= 11 is 1.41. The highest BCUT2D eigenvalue weighted by molar-refractivity contribution is 7.15. The largest absolute Gasteiger partial charge is 0.497 e. The smallest absolute Gasteiger partial charge is 0.231 e. The number of amides is 2. The highest BCUT2D eigenvalue weighted by Crippen LogP contribution is 2.26. The van der Waals surface area contributed by atoms with Gasteiger partial charge in [-0.05, 0) is 36.6 Å². The third-order valence-electron chi connectivity index (χ3n) is 5.65. The van der Waals surface area contributed by atoms with Crippen molar-refractivity contribution in [2.75, 3.05) is 25.5 Å². The lowest BCUT2D eigenvalue weighted by Gasteiger charge is -2.16. The van der Waals surface area contributed by atoms with Crippen LogP contribution in [0.25, 0.3) is 10.9 Å². The van der Waals surface area contributed by atoms with Crippen LogP contribution in [0.15, 0.2) is 24.4 Å². The Morgan fingerprint density at radius 2 is 2.23 bits per heavy atom. The minimum atomic E-state index is -0.362. The molecule has 2 amide bonds. The normalized spacial score (nSPS) is 16.3. The molecule has 4 rings (SSSR count). The van der Waals surface area contributed by atoms with Gasteiger partial charge in [0.2, 0.25) is 16.9 Å². The number of nitrogens with one attached hydrogen (secondary N) is 2. The number of unbranched alkanes of at least 4 members (excludes halogenated alkanes) is 1. The van der Waals surface area contributed by atoms with E-state index in [4.69, 9.17) is 4.74 Å². The van der Waals surface area contributed by atoms with Gasteiger partial charge in [0.1, 0.15) is 10.8 Å². The number of rotatable bonds is 9. The Hall–Kier alpha value is -2.94. The molecule has 164 valence electrons. The van der Waals surface area contributed by atoms with Crippen molar-refractivity contribution in [1.82, 2.24) is 20.1 Å². The number of benzene rings is 1. The number of carbonyl (C=O) groups is 2. The molecule has 31 heavy (non-hydrogen) atoms. The lowest BCUT2D eigenvalue weighted by molar-refractivity contribution is -0.128. The van der Waals surface area contributed by atoms with E-state index in [0.717, 1.165) is 46.5 Å². The molecule has 1 saturated heterocycles. The number of carbonyl (C=O) groups excluding carboxylic acids is 2. The maximum Gasteiger partial charge on any atom is 0.231 e. The molecular weight excluding hydrogens is 414 g/mol. The Labute approximate surface area is 185 Å². The molecule has 0 spiro atoms. The molecule has 0 radical (unpaired) electrons. The molecular formula is C22H27N5O3S. The number of aromatic amines is 1. The summed E-state index contributed by atoms with van der Waals surface area (Å²) in [5, 5.41) is 13.5. The first kappa shape index (κ1) is 21.3. The topological polar surface area (TPSA) is 100 Å². The Kier molecular flexibility index (Phi) is 6.50. The molecule has 1 atom stereocenters. The molecule has 0 aliphatic carbocycles. The van der Waals surface area contributed by atoms with E-state index in [9.17, 15) is 9.59 Å². The summed E-state index contributed by atoms with van der Waals surface area (Å²) in [6.07, 6.45) is 5.94. The third kappa shape index (κ3) is 4.87. The molecule has 1 aromatic carbocycles. The first-order chi connectivity index (χ1) is 15.1. The van der Waals surface area contributed by atoms with Crippen molar-refractivity contribution >= 4 is 39.2 Å². The van der Waals surface area contributed by atoms with Crippen LogP contribution < -0.4 is 10.1 Å². The van der Waals surface area contributed by atoms with Gasteiger partial charge in [-0.1, -0.05) is 24.7 Å². The van der Waals surface area contributed by atoms with Crippen LogP contribution in [0.2, 0.25) is 0 Å². The van der Waals surface area contributed by atoms with E-state index in [1.54, 1.807) is 12.0 Å². The molecule has 8 nitrogen and oxygen atoms in total. The molecule has 1 aliphatic rings. The number of anilines is 1. The number of hydrogen-bond acceptors (Lipinski definition) is 6. The summed E-state index contributed by atoms with van der Waals surface area (Å²) in [6, 6.07) is 5.90. The van der Waals surface area contributed by atoms with Crippen LogP contribution in [0.4, 0.5) is 5.13 Å². The average Bonchev–Trinajstić information content (AvgIpc) is 3.49. The molecule has 1 fully saturated rings. The highest BCUT2D eigenvalue weighted by atomic mass is 32.1. The van der Waals surface area contributed by atoms with E-state index >= 15 is 0 Å². The second kappa shape index (κ2) is 9.47. The number of aromatic nitrogens is 3. The minimum absolute atomic E-state index is 0.0125.